The minimum Gasteiger partial charge on any atom is -0.537 e. The quantitative estimate of drug-likeness (QED) is 0.182. The Morgan fingerprint density at radius 1 is 0.289 bits per heavy atom. The zero-order chi connectivity index (χ0) is 30.4. The van der Waals surface area contributed by atoms with Crippen LogP contribution in [0.2, 0.25) is 0 Å². The molecule has 0 aliphatic rings. The molecule has 0 fully saturated rings. The van der Waals surface area contributed by atoms with Gasteiger partial charge < -0.3 is 9.68 Å². The van der Waals surface area contributed by atoms with Crippen LogP contribution in [0.15, 0.2) is 176 Å². The molecule has 0 unspecified atom stereocenters. The van der Waals surface area contributed by atoms with Crippen LogP contribution in [0.5, 0.6) is 5.75 Å². The molecule has 213 valence electrons. The predicted octanol–water partition coefficient (Wildman–Crippen LogP) is 10.6. The Bertz CT molecular complexity index is 1780. The maximum absolute atomic E-state index is 9.67. The van der Waals surface area contributed by atoms with Crippen molar-refractivity contribution in [1.29, 1.82) is 0 Å². The van der Waals surface area contributed by atoms with Crippen molar-refractivity contribution in [3.63, 3.8) is 0 Å². The highest BCUT2D eigenvalue weighted by atomic mass is 16.5. The number of hydrogen-bond donors (Lipinski definition) is 1. The van der Waals surface area contributed by atoms with Gasteiger partial charge in [-0.15, -0.1) is 0 Å². The highest BCUT2D eigenvalue weighted by molar-refractivity contribution is 6.17. The fourth-order valence-corrected chi connectivity index (χ4v) is 5.84. The second kappa shape index (κ2) is 12.9. The molecule has 45 heavy (non-hydrogen) atoms. The molecule has 0 aliphatic heterocycles. The van der Waals surface area contributed by atoms with E-state index in [1.165, 1.54) is 0 Å². The molecule has 3 heteroatoms. The second-order valence-corrected chi connectivity index (χ2v) is 11.0. The molecule has 1 N–H and O–H groups in total. The van der Waals surface area contributed by atoms with Crippen molar-refractivity contribution < 1.29 is 9.68 Å². The summed E-state index contributed by atoms with van der Waals surface area (Å²) >= 11 is 0. The van der Waals surface area contributed by atoms with Gasteiger partial charge >= 0.3 is 7.69 Å². The summed E-state index contributed by atoms with van der Waals surface area (Å²) in [6.07, 6.45) is 0. The van der Waals surface area contributed by atoms with Gasteiger partial charge in [0.05, 0.1) is 0 Å². The molecule has 2 nitrogen and oxygen atoms in total. The Hall–Kier alpha value is -5.64. The SMILES string of the molecule is O[B]Oc1cc(-c2cc(-c3ccccc3)cc(-c3ccccc3)c2)cc(-c2cc(-c3ccccc3)cc(-c3ccccc3)c2)c1. The lowest BCUT2D eigenvalue weighted by molar-refractivity contribution is 0.454. The second-order valence-electron chi connectivity index (χ2n) is 11.0. The van der Waals surface area contributed by atoms with Gasteiger partial charge in [-0.1, -0.05) is 121 Å². The van der Waals surface area contributed by atoms with Crippen molar-refractivity contribution in [2.45, 2.75) is 0 Å². The Morgan fingerprint density at radius 2 is 0.511 bits per heavy atom. The molecule has 7 aromatic rings. The third-order valence-corrected chi connectivity index (χ3v) is 8.06. The number of benzene rings is 7. The van der Waals surface area contributed by atoms with E-state index >= 15 is 0 Å². The van der Waals surface area contributed by atoms with Crippen molar-refractivity contribution in [1.82, 2.24) is 0 Å². The highest BCUT2D eigenvalue weighted by Crippen LogP contribution is 2.39. The zero-order valence-electron chi connectivity index (χ0n) is 24.7. The molecule has 0 aromatic heterocycles. The Kier molecular flexibility index (Phi) is 8.09. The molecule has 7 rings (SSSR count). The lowest BCUT2D eigenvalue weighted by Gasteiger charge is -2.16. The van der Waals surface area contributed by atoms with Gasteiger partial charge in [0.2, 0.25) is 0 Å². The molecule has 0 saturated carbocycles. The number of hydrogen-bond acceptors (Lipinski definition) is 2. The van der Waals surface area contributed by atoms with E-state index < -0.39 is 0 Å². The first-order valence-corrected chi connectivity index (χ1v) is 15.0. The van der Waals surface area contributed by atoms with Crippen molar-refractivity contribution in [2.24, 2.45) is 0 Å². The molecule has 0 heterocycles. The van der Waals surface area contributed by atoms with Crippen LogP contribution in [-0.4, -0.2) is 12.7 Å². The molecule has 0 saturated heterocycles. The maximum atomic E-state index is 9.67. The van der Waals surface area contributed by atoms with Gasteiger partial charge in [0.25, 0.3) is 0 Å². The first-order valence-electron chi connectivity index (χ1n) is 15.0. The summed E-state index contributed by atoms with van der Waals surface area (Å²) < 4.78 is 5.62. The molecule has 0 bridgehead atoms. The molecular formula is C42H30BO2. The summed E-state index contributed by atoms with van der Waals surface area (Å²) in [6, 6.07) is 61.4. The monoisotopic (exact) mass is 577 g/mol. The van der Waals surface area contributed by atoms with E-state index in [-0.39, 0.29) is 0 Å². The van der Waals surface area contributed by atoms with E-state index in [1.807, 2.05) is 36.4 Å². The van der Waals surface area contributed by atoms with Gasteiger partial charge in [0.1, 0.15) is 5.75 Å². The van der Waals surface area contributed by atoms with E-state index in [1.54, 1.807) is 0 Å². The Labute approximate surface area is 265 Å². The van der Waals surface area contributed by atoms with E-state index in [0.29, 0.717) is 5.75 Å². The summed E-state index contributed by atoms with van der Waals surface area (Å²) in [7, 11) is 0.745. The summed E-state index contributed by atoms with van der Waals surface area (Å²) in [5, 5.41) is 9.67. The van der Waals surface area contributed by atoms with E-state index in [0.717, 1.165) is 74.4 Å². The van der Waals surface area contributed by atoms with Crippen molar-refractivity contribution in [3.8, 4) is 72.5 Å². The molecule has 0 atom stereocenters. The lowest BCUT2D eigenvalue weighted by atomic mass is 9.90. The van der Waals surface area contributed by atoms with Crippen LogP contribution < -0.4 is 4.65 Å². The Balaban J connectivity index is 1.42. The third-order valence-electron chi connectivity index (χ3n) is 8.06. The molecule has 1 radical (unpaired) electrons. The lowest BCUT2D eigenvalue weighted by Crippen LogP contribution is -2.00. The van der Waals surface area contributed by atoms with Crippen LogP contribution in [0.1, 0.15) is 0 Å². The van der Waals surface area contributed by atoms with Crippen LogP contribution in [0.3, 0.4) is 0 Å². The highest BCUT2D eigenvalue weighted by Gasteiger charge is 2.13. The fourth-order valence-electron chi connectivity index (χ4n) is 5.84. The fraction of sp³-hybridized carbons (Fsp3) is 0. The Morgan fingerprint density at radius 3 is 0.756 bits per heavy atom. The normalized spacial score (nSPS) is 10.8. The summed E-state index contributed by atoms with van der Waals surface area (Å²) in [4.78, 5) is 0. The van der Waals surface area contributed by atoms with Crippen LogP contribution in [0.4, 0.5) is 0 Å². The van der Waals surface area contributed by atoms with Gasteiger partial charge in [-0.05, 0) is 121 Å². The minimum absolute atomic E-state index is 0.558. The van der Waals surface area contributed by atoms with Gasteiger partial charge in [-0.3, -0.25) is 0 Å². The van der Waals surface area contributed by atoms with Crippen LogP contribution in [0, 0.1) is 0 Å². The molecule has 0 spiro atoms. The van der Waals surface area contributed by atoms with E-state index in [4.69, 9.17) is 4.65 Å². The zero-order valence-corrected chi connectivity index (χ0v) is 24.7. The average molecular weight is 578 g/mol. The third kappa shape index (κ3) is 6.35. The summed E-state index contributed by atoms with van der Waals surface area (Å²) in [5.74, 6) is 0.558. The van der Waals surface area contributed by atoms with E-state index in [2.05, 4.69) is 140 Å². The molecular weight excluding hydrogens is 547 g/mol. The van der Waals surface area contributed by atoms with Gasteiger partial charge in [0, 0.05) is 0 Å². The van der Waals surface area contributed by atoms with Gasteiger partial charge in [-0.25, -0.2) is 0 Å². The maximum Gasteiger partial charge on any atom is 0.569 e. The first-order chi connectivity index (χ1) is 22.2. The van der Waals surface area contributed by atoms with Gasteiger partial charge in [0.15, 0.2) is 0 Å². The van der Waals surface area contributed by atoms with E-state index in [9.17, 15) is 5.02 Å². The number of rotatable bonds is 8. The van der Waals surface area contributed by atoms with Crippen molar-refractivity contribution >= 4 is 7.69 Å². The summed E-state index contributed by atoms with van der Waals surface area (Å²) in [6.45, 7) is 0. The average Bonchev–Trinajstić information content (AvgIpc) is 3.13. The standard InChI is InChI=1S/C42H30BO2/c44-43-45-42-28-40(38-23-34(30-13-5-1-6-14-30)21-35(24-38)31-15-7-2-8-16-31)27-41(29-42)39-25-36(32-17-9-3-10-18-32)22-37(26-39)33-19-11-4-12-20-33/h1-29,44H. The van der Waals surface area contributed by atoms with Crippen molar-refractivity contribution in [3.05, 3.63) is 176 Å². The topological polar surface area (TPSA) is 29.5 Å². The summed E-state index contributed by atoms with van der Waals surface area (Å²) in [5.41, 5.74) is 13.2. The van der Waals surface area contributed by atoms with Crippen LogP contribution in [-0.2, 0) is 0 Å². The minimum atomic E-state index is 0.558. The van der Waals surface area contributed by atoms with Crippen LogP contribution >= 0.6 is 0 Å². The van der Waals surface area contributed by atoms with Crippen LogP contribution in [0.25, 0.3) is 66.8 Å². The predicted molar refractivity (Wildman–Crippen MR) is 188 cm³/mol. The van der Waals surface area contributed by atoms with Gasteiger partial charge in [-0.2, -0.15) is 0 Å². The molecule has 7 aromatic carbocycles. The first kappa shape index (κ1) is 28.2. The molecule has 0 amide bonds. The smallest absolute Gasteiger partial charge is 0.537 e. The largest absolute Gasteiger partial charge is 0.569 e. The van der Waals surface area contributed by atoms with Crippen molar-refractivity contribution in [2.75, 3.05) is 0 Å². The molecule has 0 aliphatic carbocycles.